The number of amides is 1. The minimum Gasteiger partial charge on any atom is -0.349 e. The zero-order chi connectivity index (χ0) is 18.3. The summed E-state index contributed by atoms with van der Waals surface area (Å²) in [7, 11) is 3.98. The van der Waals surface area contributed by atoms with Crippen LogP contribution in [-0.4, -0.2) is 35.6 Å². The number of benzene rings is 1. The van der Waals surface area contributed by atoms with Gasteiger partial charge in [0.2, 0.25) is 5.95 Å². The molecule has 1 amide bonds. The highest BCUT2D eigenvalue weighted by Crippen LogP contribution is 2.33. The largest absolute Gasteiger partial charge is 0.349 e. The number of rotatable bonds is 4. The molecule has 1 saturated carbocycles. The Kier molecular flexibility index (Phi) is 4.44. The maximum atomic E-state index is 12.6. The van der Waals surface area contributed by atoms with Crippen molar-refractivity contribution in [2.75, 3.05) is 19.0 Å². The van der Waals surface area contributed by atoms with E-state index in [1.165, 1.54) is 29.7 Å². The van der Waals surface area contributed by atoms with Crippen LogP contribution in [0.3, 0.4) is 0 Å². The number of anilines is 1. The summed E-state index contributed by atoms with van der Waals surface area (Å²) in [4.78, 5) is 21.1. The topological polar surface area (TPSA) is 50.2 Å². The molecule has 1 aliphatic rings. The Bertz CT molecular complexity index is 933. The summed E-state index contributed by atoms with van der Waals surface area (Å²) in [5, 5.41) is 3.17. The molecule has 0 aliphatic heterocycles. The van der Waals surface area contributed by atoms with Crippen LogP contribution in [0.15, 0.2) is 30.3 Å². The van der Waals surface area contributed by atoms with Gasteiger partial charge < -0.3 is 10.2 Å². The van der Waals surface area contributed by atoms with E-state index >= 15 is 0 Å². The van der Waals surface area contributed by atoms with E-state index in [9.17, 15) is 4.79 Å². The Labute approximate surface area is 157 Å². The Balaban J connectivity index is 1.73. The second kappa shape index (κ2) is 6.76. The van der Waals surface area contributed by atoms with Crippen LogP contribution in [0.1, 0.15) is 40.9 Å². The molecule has 0 spiro atoms. The molecule has 1 fully saturated rings. The SMILES string of the molecule is Cc1ccc(-n2c(N(C)C)nc3cc(C(=O)NC4CCCC4)sc32)cc1. The van der Waals surface area contributed by atoms with E-state index in [0.717, 1.165) is 39.7 Å². The van der Waals surface area contributed by atoms with E-state index < -0.39 is 0 Å². The molecule has 4 rings (SSSR count). The van der Waals surface area contributed by atoms with E-state index in [1.807, 2.05) is 25.1 Å². The number of aromatic nitrogens is 2. The maximum absolute atomic E-state index is 12.6. The van der Waals surface area contributed by atoms with Gasteiger partial charge in [0.05, 0.1) is 4.88 Å². The summed E-state index contributed by atoms with van der Waals surface area (Å²) in [5.74, 6) is 0.902. The van der Waals surface area contributed by atoms with Crippen LogP contribution in [0, 0.1) is 6.92 Å². The van der Waals surface area contributed by atoms with Crippen LogP contribution in [0.25, 0.3) is 16.0 Å². The van der Waals surface area contributed by atoms with Gasteiger partial charge in [-0.25, -0.2) is 4.98 Å². The second-order valence-electron chi connectivity index (χ2n) is 7.23. The van der Waals surface area contributed by atoms with Crippen molar-refractivity contribution >= 4 is 33.5 Å². The van der Waals surface area contributed by atoms with Gasteiger partial charge in [0.25, 0.3) is 5.91 Å². The van der Waals surface area contributed by atoms with Crippen molar-refractivity contribution in [2.24, 2.45) is 0 Å². The first-order valence-electron chi connectivity index (χ1n) is 9.10. The van der Waals surface area contributed by atoms with Gasteiger partial charge in [-0.1, -0.05) is 30.5 Å². The van der Waals surface area contributed by atoms with Crippen molar-refractivity contribution in [3.8, 4) is 5.69 Å². The number of fused-ring (bicyclic) bond motifs is 1. The van der Waals surface area contributed by atoms with E-state index in [0.29, 0.717) is 6.04 Å². The predicted octanol–water partition coefficient (Wildman–Crippen LogP) is 4.13. The summed E-state index contributed by atoms with van der Waals surface area (Å²) in [6, 6.07) is 10.6. The molecule has 136 valence electrons. The normalized spacial score (nSPS) is 14.9. The van der Waals surface area contributed by atoms with Crippen molar-refractivity contribution in [3.05, 3.63) is 40.8 Å². The summed E-state index contributed by atoms with van der Waals surface area (Å²) < 4.78 is 2.13. The zero-order valence-corrected chi connectivity index (χ0v) is 16.3. The zero-order valence-electron chi connectivity index (χ0n) is 15.5. The van der Waals surface area contributed by atoms with Crippen molar-refractivity contribution in [1.29, 1.82) is 0 Å². The predicted molar refractivity (Wildman–Crippen MR) is 108 cm³/mol. The Morgan fingerprint density at radius 3 is 2.58 bits per heavy atom. The van der Waals surface area contributed by atoms with Crippen molar-refractivity contribution in [2.45, 2.75) is 38.6 Å². The number of hydrogen-bond donors (Lipinski definition) is 1. The standard InChI is InChI=1S/C20H24N4OS/c1-13-8-10-15(11-9-13)24-19-16(22-20(24)23(2)3)12-17(26-19)18(25)21-14-6-4-5-7-14/h8-12,14H,4-7H2,1-3H3,(H,21,25). The van der Waals surface area contributed by atoms with E-state index in [-0.39, 0.29) is 5.91 Å². The van der Waals surface area contributed by atoms with Crippen molar-refractivity contribution in [1.82, 2.24) is 14.9 Å². The number of nitrogens with one attached hydrogen (secondary N) is 1. The monoisotopic (exact) mass is 368 g/mol. The van der Waals surface area contributed by atoms with Crippen molar-refractivity contribution in [3.63, 3.8) is 0 Å². The van der Waals surface area contributed by atoms with Gasteiger partial charge in [0.1, 0.15) is 10.3 Å². The molecule has 3 aromatic rings. The maximum Gasteiger partial charge on any atom is 0.261 e. The van der Waals surface area contributed by atoms with Crippen LogP contribution in [0.4, 0.5) is 5.95 Å². The summed E-state index contributed by atoms with van der Waals surface area (Å²) in [6.07, 6.45) is 4.61. The number of imidazole rings is 1. The fourth-order valence-electron chi connectivity index (χ4n) is 3.53. The molecule has 0 radical (unpaired) electrons. The van der Waals surface area contributed by atoms with E-state index in [1.54, 1.807) is 0 Å². The van der Waals surface area contributed by atoms with Gasteiger partial charge in [0.15, 0.2) is 0 Å². The highest BCUT2D eigenvalue weighted by molar-refractivity contribution is 7.20. The third-order valence-corrected chi connectivity index (χ3v) is 6.03. The van der Waals surface area contributed by atoms with E-state index in [2.05, 4.69) is 41.1 Å². The minimum atomic E-state index is 0.0294. The molecule has 2 heterocycles. The molecule has 1 N–H and O–H groups in total. The number of hydrogen-bond acceptors (Lipinski definition) is 4. The number of carbonyl (C=O) groups excluding carboxylic acids is 1. The van der Waals surface area contributed by atoms with Gasteiger partial charge in [0, 0.05) is 25.8 Å². The number of nitrogens with zero attached hydrogens (tertiary/aromatic N) is 3. The molecule has 5 nitrogen and oxygen atoms in total. The average Bonchev–Trinajstić information content (AvgIpc) is 3.30. The third kappa shape index (κ3) is 3.09. The first-order valence-corrected chi connectivity index (χ1v) is 9.92. The molecular weight excluding hydrogens is 344 g/mol. The van der Waals surface area contributed by atoms with Crippen LogP contribution in [0.2, 0.25) is 0 Å². The third-order valence-electron chi connectivity index (χ3n) is 4.92. The van der Waals surface area contributed by atoms with Crippen LogP contribution in [0.5, 0.6) is 0 Å². The van der Waals surface area contributed by atoms with Gasteiger partial charge in [-0.15, -0.1) is 11.3 Å². The number of carbonyl (C=O) groups is 1. The number of aryl methyl sites for hydroxylation is 1. The van der Waals surface area contributed by atoms with Crippen LogP contribution >= 0.6 is 11.3 Å². The minimum absolute atomic E-state index is 0.0294. The van der Waals surface area contributed by atoms with Crippen molar-refractivity contribution < 1.29 is 4.79 Å². The fourth-order valence-corrected chi connectivity index (χ4v) is 4.54. The van der Waals surface area contributed by atoms with Crippen LogP contribution in [-0.2, 0) is 0 Å². The molecule has 6 heteroatoms. The molecule has 26 heavy (non-hydrogen) atoms. The van der Waals surface area contributed by atoms with Gasteiger partial charge in [-0.2, -0.15) is 0 Å². The molecule has 0 atom stereocenters. The van der Waals surface area contributed by atoms with E-state index in [4.69, 9.17) is 4.98 Å². The highest BCUT2D eigenvalue weighted by Gasteiger charge is 2.22. The smallest absolute Gasteiger partial charge is 0.261 e. The van der Waals surface area contributed by atoms with Gasteiger partial charge in [-0.3, -0.25) is 9.36 Å². The molecule has 1 aliphatic carbocycles. The Hall–Kier alpha value is -2.34. The lowest BCUT2D eigenvalue weighted by molar-refractivity contribution is 0.0942. The van der Waals surface area contributed by atoms with Gasteiger partial charge in [-0.05, 0) is 38.0 Å². The molecule has 0 bridgehead atoms. The lowest BCUT2D eigenvalue weighted by Crippen LogP contribution is -2.31. The first-order chi connectivity index (χ1) is 12.5. The first kappa shape index (κ1) is 17.1. The lowest BCUT2D eigenvalue weighted by atomic mass is 10.2. The molecule has 1 aromatic carbocycles. The average molecular weight is 369 g/mol. The Morgan fingerprint density at radius 1 is 1.23 bits per heavy atom. The quantitative estimate of drug-likeness (QED) is 0.753. The second-order valence-corrected chi connectivity index (χ2v) is 8.26. The number of thiophene rings is 1. The summed E-state index contributed by atoms with van der Waals surface area (Å²) in [5.41, 5.74) is 3.15. The highest BCUT2D eigenvalue weighted by atomic mass is 32.1. The summed E-state index contributed by atoms with van der Waals surface area (Å²) >= 11 is 1.51. The Morgan fingerprint density at radius 2 is 1.92 bits per heavy atom. The lowest BCUT2D eigenvalue weighted by Gasteiger charge is -2.15. The fraction of sp³-hybridized carbons (Fsp3) is 0.400. The summed E-state index contributed by atoms with van der Waals surface area (Å²) in [6.45, 7) is 2.08. The molecule has 0 unspecified atom stereocenters. The van der Waals surface area contributed by atoms with Gasteiger partial charge >= 0.3 is 0 Å². The molecule has 0 saturated heterocycles. The van der Waals surface area contributed by atoms with Crippen LogP contribution < -0.4 is 10.2 Å². The molecular formula is C20H24N4OS. The molecule has 2 aromatic heterocycles.